The number of carbonyl (C=O) groups is 2. The van der Waals surface area contributed by atoms with Crippen molar-refractivity contribution in [3.05, 3.63) is 34.5 Å². The van der Waals surface area contributed by atoms with Crippen LogP contribution in [0.3, 0.4) is 0 Å². The number of aromatic nitrogens is 1. The lowest BCUT2D eigenvalue weighted by molar-refractivity contribution is -0.115. The maximum absolute atomic E-state index is 11.2. The molecule has 0 spiro atoms. The topological polar surface area (TPSA) is 59.1 Å². The van der Waals surface area contributed by atoms with Crippen molar-refractivity contribution in [3.63, 3.8) is 0 Å². The molecule has 15 heavy (non-hydrogen) atoms. The van der Waals surface area contributed by atoms with Crippen molar-refractivity contribution in [1.29, 1.82) is 0 Å². The van der Waals surface area contributed by atoms with Gasteiger partial charge in [0.25, 0.3) is 11.1 Å². The van der Waals surface area contributed by atoms with Crippen LogP contribution in [-0.2, 0) is 4.79 Å². The van der Waals surface area contributed by atoms with Gasteiger partial charge in [-0.2, -0.15) is 0 Å². The molecule has 2 heterocycles. The summed E-state index contributed by atoms with van der Waals surface area (Å²) < 4.78 is 0. The first-order chi connectivity index (χ1) is 7.15. The first kappa shape index (κ1) is 9.92. The number of imide groups is 1. The summed E-state index contributed by atoms with van der Waals surface area (Å²) in [5, 5.41) is 1.86. The van der Waals surface area contributed by atoms with Gasteiger partial charge in [-0.05, 0) is 36.9 Å². The minimum absolute atomic E-state index is 0.334. The normalized spacial score (nSPS) is 18.3. The third kappa shape index (κ3) is 2.24. The monoisotopic (exact) mass is 220 g/mol. The van der Waals surface area contributed by atoms with Crippen molar-refractivity contribution in [3.8, 4) is 0 Å². The second kappa shape index (κ2) is 3.86. The van der Waals surface area contributed by atoms with Crippen molar-refractivity contribution >= 4 is 29.0 Å². The smallest absolute Gasteiger partial charge is 0.282 e. The quantitative estimate of drug-likeness (QED) is 0.732. The lowest BCUT2D eigenvalue weighted by atomic mass is 10.3. The van der Waals surface area contributed by atoms with Gasteiger partial charge in [0.2, 0.25) is 0 Å². The van der Waals surface area contributed by atoms with Gasteiger partial charge >= 0.3 is 0 Å². The second-order valence-electron chi connectivity index (χ2n) is 3.06. The molecular formula is C10H8N2O2S. The summed E-state index contributed by atoms with van der Waals surface area (Å²) in [5.74, 6) is -0.353. The van der Waals surface area contributed by atoms with E-state index in [4.69, 9.17) is 0 Å². The van der Waals surface area contributed by atoms with E-state index in [0.29, 0.717) is 10.6 Å². The van der Waals surface area contributed by atoms with E-state index in [9.17, 15) is 9.59 Å². The van der Waals surface area contributed by atoms with Crippen LogP contribution >= 0.6 is 11.8 Å². The van der Waals surface area contributed by atoms with Crippen LogP contribution in [0.15, 0.2) is 23.1 Å². The number of rotatable bonds is 1. The number of hydrogen-bond donors (Lipinski definition) is 1. The summed E-state index contributed by atoms with van der Waals surface area (Å²) in [6, 6.07) is 5.51. The summed E-state index contributed by atoms with van der Waals surface area (Å²) >= 11 is 0.896. The maximum atomic E-state index is 11.2. The van der Waals surface area contributed by atoms with Crippen LogP contribution < -0.4 is 5.32 Å². The number of nitrogens with one attached hydrogen (secondary N) is 1. The van der Waals surface area contributed by atoms with Crippen molar-refractivity contribution in [2.24, 2.45) is 0 Å². The Balaban J connectivity index is 2.31. The van der Waals surface area contributed by atoms with E-state index in [-0.39, 0.29) is 11.1 Å². The van der Waals surface area contributed by atoms with Crippen LogP contribution in [0.1, 0.15) is 11.4 Å². The van der Waals surface area contributed by atoms with Crippen molar-refractivity contribution in [2.75, 3.05) is 0 Å². The predicted octanol–water partition coefficient (Wildman–Crippen LogP) is 1.71. The Morgan fingerprint density at radius 2 is 2.20 bits per heavy atom. The molecule has 0 atom stereocenters. The number of amides is 2. The fourth-order valence-electron chi connectivity index (χ4n) is 1.20. The molecule has 1 aliphatic rings. The molecule has 0 aliphatic carbocycles. The Morgan fingerprint density at radius 1 is 1.40 bits per heavy atom. The molecule has 4 nitrogen and oxygen atoms in total. The minimum atomic E-state index is -0.353. The fourth-order valence-corrected chi connectivity index (χ4v) is 1.87. The average Bonchev–Trinajstić information content (AvgIpc) is 2.45. The van der Waals surface area contributed by atoms with Crippen molar-refractivity contribution in [2.45, 2.75) is 6.92 Å². The SMILES string of the molecule is Cc1cccc(/C=C2/SC(=O)NC2=O)n1. The van der Waals surface area contributed by atoms with Crippen LogP contribution in [0.2, 0.25) is 0 Å². The number of thioether (sulfide) groups is 1. The Labute approximate surface area is 90.8 Å². The second-order valence-corrected chi connectivity index (χ2v) is 4.07. The fraction of sp³-hybridized carbons (Fsp3) is 0.100. The van der Waals surface area contributed by atoms with E-state index in [1.807, 2.05) is 19.1 Å². The molecule has 0 aromatic carbocycles. The zero-order valence-electron chi connectivity index (χ0n) is 7.98. The highest BCUT2D eigenvalue weighted by atomic mass is 32.2. The molecular weight excluding hydrogens is 212 g/mol. The maximum Gasteiger partial charge on any atom is 0.290 e. The highest BCUT2D eigenvalue weighted by Crippen LogP contribution is 2.24. The van der Waals surface area contributed by atoms with Crippen molar-refractivity contribution < 1.29 is 9.59 Å². The summed E-state index contributed by atoms with van der Waals surface area (Å²) in [7, 11) is 0. The number of hydrogen-bond acceptors (Lipinski definition) is 4. The van der Waals surface area contributed by atoms with Crippen LogP contribution in [0, 0.1) is 6.92 Å². The molecule has 2 amide bonds. The Morgan fingerprint density at radius 3 is 2.80 bits per heavy atom. The van der Waals surface area contributed by atoms with Gasteiger partial charge < -0.3 is 0 Å². The first-order valence-corrected chi connectivity index (χ1v) is 5.15. The molecule has 0 unspecified atom stereocenters. The van der Waals surface area contributed by atoms with Gasteiger partial charge in [-0.15, -0.1) is 0 Å². The van der Waals surface area contributed by atoms with Crippen LogP contribution in [-0.4, -0.2) is 16.1 Å². The van der Waals surface area contributed by atoms with E-state index in [2.05, 4.69) is 10.3 Å². The Kier molecular flexibility index (Phi) is 2.55. The molecule has 0 bridgehead atoms. The summed E-state index contributed by atoms with van der Waals surface area (Å²) in [4.78, 5) is 26.7. The van der Waals surface area contributed by atoms with Gasteiger partial charge in [0.05, 0.1) is 10.6 Å². The van der Waals surface area contributed by atoms with Gasteiger partial charge in [-0.3, -0.25) is 19.9 Å². The summed E-state index contributed by atoms with van der Waals surface area (Å²) in [6.07, 6.45) is 1.61. The van der Waals surface area contributed by atoms with E-state index < -0.39 is 0 Å². The average molecular weight is 220 g/mol. The standard InChI is InChI=1S/C10H8N2O2S/c1-6-3-2-4-7(11-6)5-8-9(13)12-10(14)15-8/h2-5H,1H3,(H,12,13,14)/b8-5+. The van der Waals surface area contributed by atoms with E-state index in [0.717, 1.165) is 17.5 Å². The van der Waals surface area contributed by atoms with Gasteiger partial charge in [0, 0.05) is 5.69 Å². The highest BCUT2D eigenvalue weighted by Gasteiger charge is 2.24. The molecule has 1 aromatic heterocycles. The largest absolute Gasteiger partial charge is 0.290 e. The summed E-state index contributed by atoms with van der Waals surface area (Å²) in [5.41, 5.74) is 1.56. The zero-order valence-corrected chi connectivity index (χ0v) is 8.80. The van der Waals surface area contributed by atoms with E-state index in [1.165, 1.54) is 0 Å². The third-order valence-corrected chi connectivity index (χ3v) is 2.64. The van der Waals surface area contributed by atoms with Gasteiger partial charge in [-0.1, -0.05) is 6.07 Å². The first-order valence-electron chi connectivity index (χ1n) is 4.34. The molecule has 76 valence electrons. The van der Waals surface area contributed by atoms with Gasteiger partial charge in [-0.25, -0.2) is 0 Å². The summed E-state index contributed by atoms with van der Waals surface area (Å²) in [6.45, 7) is 1.87. The number of pyridine rings is 1. The predicted molar refractivity (Wildman–Crippen MR) is 58.1 cm³/mol. The molecule has 1 aliphatic heterocycles. The third-order valence-electron chi connectivity index (χ3n) is 1.83. The Bertz CT molecular complexity index is 468. The number of aryl methyl sites for hydroxylation is 1. The molecule has 1 N–H and O–H groups in total. The van der Waals surface area contributed by atoms with E-state index >= 15 is 0 Å². The molecule has 1 fully saturated rings. The molecule has 2 rings (SSSR count). The van der Waals surface area contributed by atoms with Gasteiger partial charge in [0.15, 0.2) is 0 Å². The molecule has 0 saturated carbocycles. The van der Waals surface area contributed by atoms with Crippen molar-refractivity contribution in [1.82, 2.24) is 10.3 Å². The van der Waals surface area contributed by atoms with E-state index in [1.54, 1.807) is 12.1 Å². The lowest BCUT2D eigenvalue weighted by Gasteiger charge is -1.95. The van der Waals surface area contributed by atoms with Gasteiger partial charge in [0.1, 0.15) is 0 Å². The minimum Gasteiger partial charge on any atom is -0.282 e. The Hall–Kier alpha value is -1.62. The molecule has 0 radical (unpaired) electrons. The number of carbonyl (C=O) groups excluding carboxylic acids is 2. The zero-order chi connectivity index (χ0) is 10.8. The number of nitrogens with zero attached hydrogens (tertiary/aromatic N) is 1. The molecule has 1 saturated heterocycles. The van der Waals surface area contributed by atoms with Crippen LogP contribution in [0.5, 0.6) is 0 Å². The molecule has 1 aromatic rings. The lowest BCUT2D eigenvalue weighted by Crippen LogP contribution is -2.17. The van der Waals surface area contributed by atoms with Crippen LogP contribution in [0.4, 0.5) is 4.79 Å². The highest BCUT2D eigenvalue weighted by molar-refractivity contribution is 8.18. The van der Waals surface area contributed by atoms with Crippen LogP contribution in [0.25, 0.3) is 6.08 Å². The molecule has 5 heteroatoms.